The van der Waals surface area contributed by atoms with Crippen LogP contribution < -0.4 is 4.90 Å². The summed E-state index contributed by atoms with van der Waals surface area (Å²) in [6.45, 7) is 3.04. The number of anilines is 1. The Hall–Kier alpha value is -4.64. The van der Waals surface area contributed by atoms with Gasteiger partial charge in [0.05, 0.1) is 16.1 Å². The molecule has 1 fully saturated rings. The van der Waals surface area contributed by atoms with Gasteiger partial charge in [-0.1, -0.05) is 23.4 Å². The third-order valence-electron chi connectivity index (χ3n) is 6.30. The van der Waals surface area contributed by atoms with Gasteiger partial charge in [0, 0.05) is 44.4 Å². The fraction of sp³-hybridized carbons (Fsp3) is 0.192. The van der Waals surface area contributed by atoms with Crippen LogP contribution in [0.1, 0.15) is 15.9 Å². The van der Waals surface area contributed by atoms with Gasteiger partial charge in [-0.2, -0.15) is 4.98 Å². The third kappa shape index (κ3) is 5.02. The van der Waals surface area contributed by atoms with Crippen LogP contribution in [0.25, 0.3) is 22.8 Å². The molecular weight excluding hydrogens is 481 g/mol. The van der Waals surface area contributed by atoms with E-state index in [2.05, 4.69) is 15.0 Å². The lowest BCUT2D eigenvalue weighted by Gasteiger charge is -2.35. The highest BCUT2D eigenvalue weighted by Crippen LogP contribution is 2.34. The topological polar surface area (TPSA) is 126 Å². The molecule has 1 aliphatic rings. The van der Waals surface area contributed by atoms with E-state index in [4.69, 9.17) is 4.52 Å². The van der Waals surface area contributed by atoms with E-state index in [1.807, 2.05) is 4.90 Å². The average Bonchev–Trinajstić information content (AvgIpc) is 3.40. The van der Waals surface area contributed by atoms with E-state index in [9.17, 15) is 24.4 Å². The van der Waals surface area contributed by atoms with E-state index >= 15 is 0 Å². The zero-order chi connectivity index (χ0) is 25.9. The summed E-state index contributed by atoms with van der Waals surface area (Å²) in [4.78, 5) is 30.9. The molecule has 188 valence electrons. The first-order valence-electron chi connectivity index (χ1n) is 11.5. The van der Waals surface area contributed by atoms with Crippen molar-refractivity contribution in [3.05, 3.63) is 87.7 Å². The highest BCUT2D eigenvalue weighted by molar-refractivity contribution is 5.79. The summed E-state index contributed by atoms with van der Waals surface area (Å²) < 4.78 is 19.3. The van der Waals surface area contributed by atoms with Gasteiger partial charge in [0.1, 0.15) is 17.3 Å². The van der Waals surface area contributed by atoms with E-state index in [0.717, 1.165) is 5.56 Å². The van der Waals surface area contributed by atoms with Crippen LogP contribution in [0.3, 0.4) is 0 Å². The summed E-state index contributed by atoms with van der Waals surface area (Å²) in [6.07, 6.45) is 0.620. The number of carbonyl (C=O) groups excluding carboxylic acids is 1. The Labute approximate surface area is 210 Å². The molecule has 0 aliphatic carbocycles. The predicted molar refractivity (Wildman–Crippen MR) is 133 cm³/mol. The number of phenolic OH excluding ortho intramolecular Hbond substituents is 1. The van der Waals surface area contributed by atoms with Crippen LogP contribution in [0.5, 0.6) is 5.75 Å². The quantitative estimate of drug-likeness (QED) is 0.223. The minimum Gasteiger partial charge on any atom is -0.507 e. The summed E-state index contributed by atoms with van der Waals surface area (Å²) in [5, 5.41) is 25.4. The number of hydrogen-bond donors (Lipinski definition) is 1. The van der Waals surface area contributed by atoms with Crippen molar-refractivity contribution in [2.75, 3.05) is 31.1 Å². The van der Waals surface area contributed by atoms with Crippen molar-refractivity contribution in [2.45, 2.75) is 6.54 Å². The van der Waals surface area contributed by atoms with Crippen molar-refractivity contribution in [3.63, 3.8) is 0 Å². The highest BCUT2D eigenvalue weighted by atomic mass is 19.1. The Morgan fingerprint density at radius 1 is 1.08 bits per heavy atom. The molecule has 0 saturated carbocycles. The van der Waals surface area contributed by atoms with Gasteiger partial charge in [0.2, 0.25) is 5.82 Å². The number of phenols is 1. The summed E-state index contributed by atoms with van der Waals surface area (Å²) >= 11 is 0. The number of carbonyl (C=O) groups is 1. The number of aldehydes is 1. The Morgan fingerprint density at radius 2 is 1.86 bits per heavy atom. The number of nitro benzene ring substituents is 1. The average molecular weight is 503 g/mol. The zero-order valence-electron chi connectivity index (χ0n) is 19.6. The first-order valence-corrected chi connectivity index (χ1v) is 11.5. The van der Waals surface area contributed by atoms with Gasteiger partial charge in [-0.25, -0.2) is 4.39 Å². The molecule has 2 heterocycles. The van der Waals surface area contributed by atoms with E-state index in [1.54, 1.807) is 36.4 Å². The van der Waals surface area contributed by atoms with Gasteiger partial charge in [0.15, 0.2) is 6.29 Å². The van der Waals surface area contributed by atoms with Crippen LogP contribution >= 0.6 is 0 Å². The number of nitrogens with zero attached hydrogens (tertiary/aromatic N) is 5. The maximum absolute atomic E-state index is 14.1. The van der Waals surface area contributed by atoms with E-state index in [0.29, 0.717) is 50.3 Å². The van der Waals surface area contributed by atoms with Gasteiger partial charge in [-0.3, -0.25) is 19.8 Å². The van der Waals surface area contributed by atoms with Gasteiger partial charge in [-0.15, -0.1) is 0 Å². The lowest BCUT2D eigenvalue weighted by molar-refractivity contribution is -0.384. The van der Waals surface area contributed by atoms with Crippen molar-refractivity contribution in [1.82, 2.24) is 15.0 Å². The number of hydrogen-bond acceptors (Lipinski definition) is 9. The van der Waals surface area contributed by atoms with Gasteiger partial charge in [0.25, 0.3) is 11.6 Å². The molecule has 1 N–H and O–H groups in total. The SMILES string of the molecule is O=Cc1cc(CN2CCN(c3ccc(-c4nc(-c5ccccc5F)no4)cc3[N+](=O)[O-])CC2)ccc1O. The van der Waals surface area contributed by atoms with E-state index in [-0.39, 0.29) is 34.3 Å². The molecule has 3 aromatic carbocycles. The van der Waals surface area contributed by atoms with Crippen molar-refractivity contribution in [3.8, 4) is 28.6 Å². The summed E-state index contributed by atoms with van der Waals surface area (Å²) in [7, 11) is 0. The van der Waals surface area contributed by atoms with Gasteiger partial charge < -0.3 is 14.5 Å². The second kappa shape index (κ2) is 10.2. The van der Waals surface area contributed by atoms with E-state index in [1.165, 1.54) is 24.3 Å². The molecule has 1 saturated heterocycles. The van der Waals surface area contributed by atoms with Crippen LogP contribution in [-0.4, -0.2) is 57.5 Å². The minimum absolute atomic E-state index is 0.0525. The molecule has 0 bridgehead atoms. The third-order valence-corrected chi connectivity index (χ3v) is 6.30. The molecule has 1 aromatic heterocycles. The molecule has 4 aromatic rings. The lowest BCUT2D eigenvalue weighted by Crippen LogP contribution is -2.46. The van der Waals surface area contributed by atoms with Gasteiger partial charge in [-0.05, 0) is 42.0 Å². The summed E-state index contributed by atoms with van der Waals surface area (Å²) in [5.41, 5.74) is 2.08. The van der Waals surface area contributed by atoms with Crippen LogP contribution in [0.2, 0.25) is 0 Å². The van der Waals surface area contributed by atoms with Crippen LogP contribution in [0, 0.1) is 15.9 Å². The predicted octanol–water partition coefficient (Wildman–Crippen LogP) is 4.29. The number of nitro groups is 1. The Morgan fingerprint density at radius 3 is 2.59 bits per heavy atom. The summed E-state index contributed by atoms with van der Waals surface area (Å²) in [5.74, 6) is -0.431. The Kier molecular flexibility index (Phi) is 6.60. The standard InChI is InChI=1S/C26H22FN5O5/c27-21-4-2-1-3-20(21)25-28-26(37-29-25)18-6-7-22(23(14-18)32(35)36)31-11-9-30(10-12-31)15-17-5-8-24(34)19(13-17)16-33/h1-8,13-14,16,34H,9-12,15H2. The smallest absolute Gasteiger partial charge is 0.293 e. The van der Waals surface area contributed by atoms with Crippen molar-refractivity contribution in [2.24, 2.45) is 0 Å². The molecule has 0 spiro atoms. The Bertz CT molecular complexity index is 1470. The second-order valence-corrected chi connectivity index (χ2v) is 8.64. The molecule has 0 amide bonds. The Balaban J connectivity index is 1.31. The largest absolute Gasteiger partial charge is 0.507 e. The fourth-order valence-electron chi connectivity index (χ4n) is 4.36. The van der Waals surface area contributed by atoms with Crippen LogP contribution in [0.4, 0.5) is 15.8 Å². The molecule has 5 rings (SSSR count). The van der Waals surface area contributed by atoms with E-state index < -0.39 is 10.7 Å². The number of rotatable bonds is 7. The number of aromatic hydroxyl groups is 1. The first-order chi connectivity index (χ1) is 17.9. The highest BCUT2D eigenvalue weighted by Gasteiger charge is 2.26. The number of aromatic nitrogens is 2. The number of halogens is 1. The number of piperazine rings is 1. The molecule has 1 aliphatic heterocycles. The lowest BCUT2D eigenvalue weighted by atomic mass is 10.1. The van der Waals surface area contributed by atoms with Gasteiger partial charge >= 0.3 is 0 Å². The maximum atomic E-state index is 14.1. The molecule has 0 atom stereocenters. The normalized spacial score (nSPS) is 14.0. The van der Waals surface area contributed by atoms with Crippen LogP contribution in [-0.2, 0) is 6.54 Å². The maximum Gasteiger partial charge on any atom is 0.293 e. The minimum atomic E-state index is -0.495. The van der Waals surface area contributed by atoms with Crippen molar-refractivity contribution in [1.29, 1.82) is 0 Å². The van der Waals surface area contributed by atoms with Crippen molar-refractivity contribution >= 4 is 17.7 Å². The zero-order valence-corrected chi connectivity index (χ0v) is 19.6. The molecule has 0 radical (unpaired) electrons. The summed E-state index contributed by atoms with van der Waals surface area (Å²) in [6, 6.07) is 15.7. The number of benzene rings is 3. The molecule has 10 nitrogen and oxygen atoms in total. The molecule has 37 heavy (non-hydrogen) atoms. The van der Waals surface area contributed by atoms with Crippen LogP contribution in [0.15, 0.2) is 65.2 Å². The molecule has 11 heteroatoms. The second-order valence-electron chi connectivity index (χ2n) is 8.64. The fourth-order valence-corrected chi connectivity index (χ4v) is 4.36. The first kappa shape index (κ1) is 24.1. The van der Waals surface area contributed by atoms with Crippen molar-refractivity contribution < 1.29 is 23.7 Å². The monoisotopic (exact) mass is 503 g/mol. The molecule has 0 unspecified atom stereocenters. The molecular formula is C26H22FN5O5.